The molecule has 0 radical (unpaired) electrons. The minimum atomic E-state index is 0.00234. The first-order valence-electron chi connectivity index (χ1n) is 29.1. The van der Waals surface area contributed by atoms with Crippen molar-refractivity contribution in [2.24, 2.45) is 0 Å². The monoisotopic (exact) mass is 1040 g/mol. The van der Waals surface area contributed by atoms with Gasteiger partial charge in [0.1, 0.15) is 0 Å². The maximum atomic E-state index is 5.13. The van der Waals surface area contributed by atoms with Gasteiger partial charge in [0.25, 0.3) is 0 Å². The first-order chi connectivity index (χ1) is 39.7. The van der Waals surface area contributed by atoms with E-state index in [0.717, 1.165) is 88.6 Å². The average Bonchev–Trinajstić information content (AvgIpc) is 4.29. The van der Waals surface area contributed by atoms with Gasteiger partial charge in [-0.05, 0) is 214 Å². The normalized spacial score (nSPS) is 13.9. The van der Waals surface area contributed by atoms with E-state index in [1.807, 2.05) is 0 Å². The Bertz CT molecular complexity index is 3840. The van der Waals surface area contributed by atoms with Crippen LogP contribution < -0.4 is 0 Å². The quantitative estimate of drug-likeness (QED) is 0.135. The van der Waals surface area contributed by atoms with Crippen LogP contribution in [-0.2, 0) is 16.2 Å². The largest absolute Gasteiger partial charge is 0.208 e. The highest BCUT2D eigenvalue weighted by atomic mass is 15.0. The third-order valence-corrected chi connectivity index (χ3v) is 18.5. The van der Waals surface area contributed by atoms with Crippen LogP contribution in [0.1, 0.15) is 147 Å². The van der Waals surface area contributed by atoms with Crippen LogP contribution in [0.15, 0.2) is 200 Å². The molecule has 13 rings (SSSR count). The van der Waals surface area contributed by atoms with E-state index in [-0.39, 0.29) is 16.2 Å². The van der Waals surface area contributed by atoms with Crippen LogP contribution in [0.3, 0.4) is 0 Å². The lowest BCUT2D eigenvalue weighted by Gasteiger charge is -2.29. The van der Waals surface area contributed by atoms with Gasteiger partial charge in [0.15, 0.2) is 17.5 Å². The molecule has 0 amide bonds. The SMILES string of the molecule is CCC1(CC)c2ccccc2-c2ccc(C#Cc3ccc(-c4nc(-c5ccc(C#Cc6ccc7c(c6)C(CC)(CC)c6ccccc6-7)cc5)nc(-c5ccc(C#Cc6ccc7c(c6)C(CC)(CC)c6ccccc6-7)cc5)n4)cc3)cc21. The Morgan fingerprint density at radius 2 is 0.469 bits per heavy atom. The summed E-state index contributed by atoms with van der Waals surface area (Å²) >= 11 is 0. The third-order valence-electron chi connectivity index (χ3n) is 18.5. The second-order valence-corrected chi connectivity index (χ2v) is 22.1. The summed E-state index contributed by atoms with van der Waals surface area (Å²) in [6.45, 7) is 13.8. The van der Waals surface area contributed by atoms with Crippen LogP contribution in [-0.4, -0.2) is 15.0 Å². The van der Waals surface area contributed by atoms with E-state index in [9.17, 15) is 0 Å². The van der Waals surface area contributed by atoms with Crippen molar-refractivity contribution in [2.45, 2.75) is 96.3 Å². The molecule has 0 atom stereocenters. The molecular formula is C78H63N3. The second kappa shape index (κ2) is 20.7. The van der Waals surface area contributed by atoms with Crippen LogP contribution in [0.2, 0.25) is 0 Å². The molecule has 9 aromatic carbocycles. The van der Waals surface area contributed by atoms with Crippen molar-refractivity contribution in [2.75, 3.05) is 0 Å². The summed E-state index contributed by atoms with van der Waals surface area (Å²) in [4.78, 5) is 15.4. The molecule has 3 aliphatic rings. The zero-order valence-corrected chi connectivity index (χ0v) is 47.1. The molecule has 3 heteroatoms. The molecule has 1 aromatic heterocycles. The summed E-state index contributed by atoms with van der Waals surface area (Å²) < 4.78 is 0. The molecule has 0 saturated heterocycles. The first kappa shape index (κ1) is 51.1. The van der Waals surface area contributed by atoms with E-state index in [4.69, 9.17) is 15.0 Å². The highest BCUT2D eigenvalue weighted by Crippen LogP contribution is 2.55. The number of rotatable bonds is 9. The molecule has 0 spiro atoms. The number of nitrogens with zero attached hydrogens (tertiary/aromatic N) is 3. The predicted octanol–water partition coefficient (Wildman–Crippen LogP) is 18.3. The maximum Gasteiger partial charge on any atom is 0.164 e. The molecule has 0 fully saturated rings. The van der Waals surface area contributed by atoms with Crippen molar-refractivity contribution in [1.82, 2.24) is 15.0 Å². The summed E-state index contributed by atoms with van der Waals surface area (Å²) in [5.74, 6) is 22.6. The molecule has 0 unspecified atom stereocenters. The van der Waals surface area contributed by atoms with Crippen molar-refractivity contribution < 1.29 is 0 Å². The first-order valence-corrected chi connectivity index (χ1v) is 29.1. The Hall–Kier alpha value is -9.33. The molecule has 10 aromatic rings. The molecule has 390 valence electrons. The van der Waals surface area contributed by atoms with E-state index in [1.165, 1.54) is 66.8 Å². The standard InChI is InChI=1S/C78H63N3/c1-7-76(8-2)67-22-16-13-19-61(67)64-46-37-55(49-70(64)76)28-25-52-31-40-58(41-32-52)73-79-74(59-42-33-53(34-43-59)26-29-56-38-47-65-62-20-14-17-23-68(62)77(9-3,10-4)71(65)50-56)81-75(80-73)60-44-35-54(36-45-60)27-30-57-39-48-66-63-21-15-18-24-69(63)78(11-5,12-6)72(66)51-57/h13-24,31-51H,7-12H2,1-6H3. The summed E-state index contributed by atoms with van der Waals surface area (Å²) in [6.07, 6.45) is 6.27. The van der Waals surface area contributed by atoms with Crippen molar-refractivity contribution in [3.8, 4) is 103 Å². The highest BCUT2D eigenvalue weighted by molar-refractivity contribution is 5.84. The molecule has 1 heterocycles. The van der Waals surface area contributed by atoms with Crippen molar-refractivity contribution >= 4 is 0 Å². The van der Waals surface area contributed by atoms with E-state index >= 15 is 0 Å². The van der Waals surface area contributed by atoms with E-state index in [2.05, 4.69) is 277 Å². The molecule has 0 saturated carbocycles. The Kier molecular flexibility index (Phi) is 13.1. The number of hydrogen-bond donors (Lipinski definition) is 0. The van der Waals surface area contributed by atoms with Crippen LogP contribution in [0.25, 0.3) is 67.5 Å². The number of fused-ring (bicyclic) bond motifs is 9. The van der Waals surface area contributed by atoms with Gasteiger partial charge in [0.2, 0.25) is 0 Å². The van der Waals surface area contributed by atoms with Crippen LogP contribution in [0, 0.1) is 35.5 Å². The summed E-state index contributed by atoms with van der Waals surface area (Å²) in [6, 6.07) is 71.7. The van der Waals surface area contributed by atoms with Gasteiger partial charge < -0.3 is 0 Å². The minimum absolute atomic E-state index is 0.00234. The fourth-order valence-corrected chi connectivity index (χ4v) is 13.9. The average molecular weight is 1040 g/mol. The Morgan fingerprint density at radius 1 is 0.247 bits per heavy atom. The predicted molar refractivity (Wildman–Crippen MR) is 334 cm³/mol. The van der Waals surface area contributed by atoms with Crippen molar-refractivity contribution in [3.63, 3.8) is 0 Å². The van der Waals surface area contributed by atoms with Gasteiger partial charge in [0, 0.05) is 66.3 Å². The Morgan fingerprint density at radius 3 is 0.728 bits per heavy atom. The lowest BCUT2D eigenvalue weighted by Crippen LogP contribution is -2.23. The van der Waals surface area contributed by atoms with Crippen molar-refractivity contribution in [3.05, 3.63) is 267 Å². The zero-order valence-electron chi connectivity index (χ0n) is 47.1. The van der Waals surface area contributed by atoms with Crippen molar-refractivity contribution in [1.29, 1.82) is 0 Å². The van der Waals surface area contributed by atoms with E-state index in [1.54, 1.807) is 0 Å². The fourth-order valence-electron chi connectivity index (χ4n) is 13.9. The topological polar surface area (TPSA) is 38.7 Å². The molecule has 3 nitrogen and oxygen atoms in total. The van der Waals surface area contributed by atoms with E-state index < -0.39 is 0 Å². The highest BCUT2D eigenvalue weighted by Gasteiger charge is 2.42. The molecule has 3 aliphatic carbocycles. The molecule has 81 heavy (non-hydrogen) atoms. The molecular weight excluding hydrogens is 979 g/mol. The van der Waals surface area contributed by atoms with E-state index in [0.29, 0.717) is 17.5 Å². The van der Waals surface area contributed by atoms with Crippen LogP contribution in [0.4, 0.5) is 0 Å². The lowest BCUT2D eigenvalue weighted by molar-refractivity contribution is 0.490. The van der Waals surface area contributed by atoms with Gasteiger partial charge in [-0.1, -0.05) is 168 Å². The number of aromatic nitrogens is 3. The third kappa shape index (κ3) is 8.53. The molecule has 0 bridgehead atoms. The minimum Gasteiger partial charge on any atom is -0.208 e. The van der Waals surface area contributed by atoms with Gasteiger partial charge in [-0.2, -0.15) is 0 Å². The van der Waals surface area contributed by atoms with Gasteiger partial charge in [-0.25, -0.2) is 15.0 Å². The summed E-state index contributed by atoms with van der Waals surface area (Å²) in [5, 5.41) is 0. The fraction of sp³-hybridized carbons (Fsp3) is 0.192. The van der Waals surface area contributed by atoms with Gasteiger partial charge in [-0.3, -0.25) is 0 Å². The second-order valence-electron chi connectivity index (χ2n) is 22.1. The molecule has 0 aliphatic heterocycles. The number of hydrogen-bond acceptors (Lipinski definition) is 3. The lowest BCUT2D eigenvalue weighted by atomic mass is 9.73. The Labute approximate surface area is 478 Å². The number of benzene rings is 9. The zero-order chi connectivity index (χ0) is 55.3. The van der Waals surface area contributed by atoms with Crippen LogP contribution >= 0.6 is 0 Å². The summed E-state index contributed by atoms with van der Waals surface area (Å²) in [5.41, 5.74) is 24.9. The van der Waals surface area contributed by atoms with Gasteiger partial charge >= 0.3 is 0 Å². The van der Waals surface area contributed by atoms with Gasteiger partial charge in [-0.15, -0.1) is 0 Å². The van der Waals surface area contributed by atoms with Crippen LogP contribution in [0.5, 0.6) is 0 Å². The van der Waals surface area contributed by atoms with Gasteiger partial charge in [0.05, 0.1) is 0 Å². The molecule has 0 N–H and O–H groups in total. The maximum absolute atomic E-state index is 5.13. The smallest absolute Gasteiger partial charge is 0.164 e. The summed E-state index contributed by atoms with van der Waals surface area (Å²) in [7, 11) is 0. The Balaban J connectivity index is 0.806.